The second kappa shape index (κ2) is 5.11. The van der Waals surface area contributed by atoms with Crippen LogP contribution in [0, 0.1) is 18.6 Å². The van der Waals surface area contributed by atoms with Crippen molar-refractivity contribution in [3.05, 3.63) is 39.8 Å². The Balaban J connectivity index is 2.29. The Bertz CT molecular complexity index is 590. The topological polar surface area (TPSA) is 56.0 Å². The molecule has 3 nitrogen and oxygen atoms in total. The van der Waals surface area contributed by atoms with Gasteiger partial charge in [-0.2, -0.15) is 0 Å². The summed E-state index contributed by atoms with van der Waals surface area (Å²) in [6.45, 7) is 1.81. The van der Waals surface area contributed by atoms with Crippen molar-refractivity contribution in [2.75, 3.05) is 5.73 Å². The Labute approximate surface area is 109 Å². The minimum absolute atomic E-state index is 0.0118. The Kier molecular flexibility index (Phi) is 3.72. The molecule has 0 bridgehead atoms. The van der Waals surface area contributed by atoms with Crippen molar-refractivity contribution in [1.29, 1.82) is 0 Å². The number of aromatic nitrogens is 1. The molecule has 0 saturated carbocycles. The van der Waals surface area contributed by atoms with E-state index in [2.05, 4.69) is 4.98 Å². The number of halogens is 2. The van der Waals surface area contributed by atoms with Crippen LogP contribution < -0.4 is 5.73 Å². The summed E-state index contributed by atoms with van der Waals surface area (Å²) in [6.07, 6.45) is 0. The van der Waals surface area contributed by atoms with Crippen molar-refractivity contribution in [3.63, 3.8) is 0 Å². The van der Waals surface area contributed by atoms with E-state index in [-0.39, 0.29) is 11.4 Å². The maximum Gasteiger partial charge on any atom is 0.144 e. The monoisotopic (exact) mass is 288 g/mol. The molecule has 0 amide bonds. The van der Waals surface area contributed by atoms with Crippen LogP contribution in [0.1, 0.15) is 10.7 Å². The maximum atomic E-state index is 13.5. The second-order valence-corrected chi connectivity index (χ2v) is 6.11. The van der Waals surface area contributed by atoms with Crippen LogP contribution in [0.15, 0.2) is 22.4 Å². The number of aryl methyl sites for hydroxylation is 1. The van der Waals surface area contributed by atoms with Crippen molar-refractivity contribution in [2.24, 2.45) is 0 Å². The number of hydrogen-bond donors (Lipinski definition) is 1. The summed E-state index contributed by atoms with van der Waals surface area (Å²) < 4.78 is 39.0. The van der Waals surface area contributed by atoms with Crippen molar-refractivity contribution in [2.45, 2.75) is 17.6 Å². The summed E-state index contributed by atoms with van der Waals surface area (Å²) in [7, 11) is -1.81. The van der Waals surface area contributed by atoms with Crippen molar-refractivity contribution < 1.29 is 13.0 Å². The molecule has 0 radical (unpaired) electrons. The van der Waals surface area contributed by atoms with Crippen LogP contribution >= 0.6 is 11.3 Å². The van der Waals surface area contributed by atoms with E-state index >= 15 is 0 Å². The smallest absolute Gasteiger partial charge is 0.144 e. The Morgan fingerprint density at radius 3 is 2.50 bits per heavy atom. The zero-order chi connectivity index (χ0) is 13.3. The number of anilines is 1. The number of benzene rings is 1. The van der Waals surface area contributed by atoms with E-state index in [1.165, 1.54) is 11.3 Å². The molecule has 1 aromatic heterocycles. The summed E-state index contributed by atoms with van der Waals surface area (Å²) in [5.41, 5.74) is 5.82. The molecule has 1 heterocycles. The van der Waals surface area contributed by atoms with Crippen LogP contribution in [0.3, 0.4) is 0 Å². The number of nitrogens with zero attached hydrogens (tertiary/aromatic N) is 1. The van der Waals surface area contributed by atoms with Crippen molar-refractivity contribution in [3.8, 4) is 0 Å². The molecular formula is C11H10F2N2OS2. The van der Waals surface area contributed by atoms with Gasteiger partial charge in [-0.3, -0.25) is 4.21 Å². The highest BCUT2D eigenvalue weighted by Crippen LogP contribution is 2.22. The Morgan fingerprint density at radius 2 is 2.00 bits per heavy atom. The van der Waals surface area contributed by atoms with Crippen LogP contribution in [0.4, 0.5) is 14.5 Å². The minimum Gasteiger partial charge on any atom is -0.399 e. The predicted molar refractivity (Wildman–Crippen MR) is 67.7 cm³/mol. The highest BCUT2D eigenvalue weighted by molar-refractivity contribution is 7.84. The van der Waals surface area contributed by atoms with E-state index in [9.17, 15) is 13.0 Å². The van der Waals surface area contributed by atoms with Gasteiger partial charge in [0.2, 0.25) is 0 Å². The number of hydrogen-bond acceptors (Lipinski definition) is 4. The fraction of sp³-hybridized carbons (Fsp3) is 0.182. The molecule has 0 aliphatic carbocycles. The predicted octanol–water partition coefficient (Wildman–Crippen LogP) is 2.62. The molecule has 2 N–H and O–H groups in total. The number of nitrogen functional groups attached to an aromatic ring is 1. The molecule has 1 unspecified atom stereocenters. The molecule has 2 aromatic rings. The quantitative estimate of drug-likeness (QED) is 0.883. The van der Waals surface area contributed by atoms with Gasteiger partial charge >= 0.3 is 0 Å². The van der Waals surface area contributed by atoms with Gasteiger partial charge in [0.05, 0.1) is 27.3 Å². The van der Waals surface area contributed by atoms with Gasteiger partial charge in [0.25, 0.3) is 0 Å². The average Bonchev–Trinajstić information content (AvgIpc) is 2.62. The molecule has 0 spiro atoms. The first-order valence-electron chi connectivity index (χ1n) is 5.01. The zero-order valence-corrected chi connectivity index (χ0v) is 11.1. The highest BCUT2D eigenvalue weighted by atomic mass is 32.2. The molecule has 2 rings (SSSR count). The van der Waals surface area contributed by atoms with Crippen molar-refractivity contribution >= 4 is 27.8 Å². The van der Waals surface area contributed by atoms with Crippen LogP contribution in [-0.2, 0) is 16.6 Å². The molecule has 1 atom stereocenters. The largest absolute Gasteiger partial charge is 0.399 e. The molecule has 0 fully saturated rings. The van der Waals surface area contributed by atoms with E-state index in [1.807, 2.05) is 6.92 Å². The van der Waals surface area contributed by atoms with Crippen LogP contribution in [0.5, 0.6) is 0 Å². The van der Waals surface area contributed by atoms with Crippen LogP contribution in [0.2, 0.25) is 0 Å². The number of thiazole rings is 1. The standard InChI is InChI=1S/C11H10F2N2OS2/c1-6-15-8(4-17-6)5-18(16)11-9(12)2-7(14)3-10(11)13/h2-4H,5,14H2,1H3. The summed E-state index contributed by atoms with van der Waals surface area (Å²) in [5, 5.41) is 2.54. The first-order valence-corrected chi connectivity index (χ1v) is 7.21. The summed E-state index contributed by atoms with van der Waals surface area (Å²) in [4.78, 5) is 3.66. The lowest BCUT2D eigenvalue weighted by molar-refractivity contribution is 0.535. The molecule has 18 heavy (non-hydrogen) atoms. The van der Waals surface area contributed by atoms with Crippen LogP contribution in [0.25, 0.3) is 0 Å². The highest BCUT2D eigenvalue weighted by Gasteiger charge is 2.18. The van der Waals surface area contributed by atoms with Gasteiger partial charge in [-0.1, -0.05) is 0 Å². The van der Waals surface area contributed by atoms with Gasteiger partial charge in [0.15, 0.2) is 0 Å². The van der Waals surface area contributed by atoms with E-state index < -0.39 is 27.3 Å². The molecule has 0 saturated heterocycles. The first kappa shape index (κ1) is 13.1. The maximum absolute atomic E-state index is 13.5. The normalized spacial score (nSPS) is 12.6. The van der Waals surface area contributed by atoms with Gasteiger partial charge in [0.1, 0.15) is 16.5 Å². The Morgan fingerprint density at radius 1 is 1.39 bits per heavy atom. The molecule has 96 valence electrons. The van der Waals surface area contributed by atoms with Gasteiger partial charge in [-0.05, 0) is 19.1 Å². The first-order chi connectivity index (χ1) is 8.47. The molecule has 0 aliphatic rings. The van der Waals surface area contributed by atoms with Crippen molar-refractivity contribution in [1.82, 2.24) is 4.98 Å². The number of nitrogens with two attached hydrogens (primary N) is 1. The third-order valence-electron chi connectivity index (χ3n) is 2.19. The molecule has 1 aromatic carbocycles. The summed E-state index contributed by atoms with van der Waals surface area (Å²) in [6, 6.07) is 1.92. The molecule has 7 heteroatoms. The van der Waals surface area contributed by atoms with Gasteiger partial charge in [-0.25, -0.2) is 13.8 Å². The van der Waals surface area contributed by atoms with E-state index in [0.29, 0.717) is 5.69 Å². The summed E-state index contributed by atoms with van der Waals surface area (Å²) in [5.74, 6) is -1.79. The second-order valence-electron chi connectivity index (χ2n) is 3.66. The SMILES string of the molecule is Cc1nc(CS(=O)c2c(F)cc(N)cc2F)cs1. The average molecular weight is 288 g/mol. The molecular weight excluding hydrogens is 278 g/mol. The van der Waals surface area contributed by atoms with E-state index in [1.54, 1.807) is 5.38 Å². The lowest BCUT2D eigenvalue weighted by atomic mass is 10.3. The molecule has 0 aliphatic heterocycles. The van der Waals surface area contributed by atoms with Crippen LogP contribution in [-0.4, -0.2) is 9.19 Å². The minimum atomic E-state index is -1.81. The third-order valence-corrected chi connectivity index (χ3v) is 4.42. The van der Waals surface area contributed by atoms with E-state index in [0.717, 1.165) is 17.1 Å². The lowest BCUT2D eigenvalue weighted by Crippen LogP contribution is -2.04. The fourth-order valence-corrected chi connectivity index (χ4v) is 3.31. The lowest BCUT2D eigenvalue weighted by Gasteiger charge is -2.05. The zero-order valence-electron chi connectivity index (χ0n) is 9.44. The summed E-state index contributed by atoms with van der Waals surface area (Å²) >= 11 is 1.40. The van der Waals surface area contributed by atoms with Gasteiger partial charge in [0, 0.05) is 11.1 Å². The number of rotatable bonds is 3. The third kappa shape index (κ3) is 2.73. The van der Waals surface area contributed by atoms with Gasteiger partial charge < -0.3 is 5.73 Å². The van der Waals surface area contributed by atoms with E-state index in [4.69, 9.17) is 5.73 Å². The Hall–Kier alpha value is -1.34. The fourth-order valence-electron chi connectivity index (χ4n) is 1.48. The van der Waals surface area contributed by atoms with Gasteiger partial charge in [-0.15, -0.1) is 11.3 Å².